The van der Waals surface area contributed by atoms with Crippen LogP contribution >= 0.6 is 0 Å². The van der Waals surface area contributed by atoms with E-state index in [-0.39, 0.29) is 12.5 Å². The van der Waals surface area contributed by atoms with E-state index in [0.717, 1.165) is 51.6 Å². The Bertz CT molecular complexity index is 524. The third-order valence-corrected chi connectivity index (χ3v) is 4.80. The molecule has 7 nitrogen and oxygen atoms in total. The Balaban J connectivity index is 1.68. The van der Waals surface area contributed by atoms with Crippen molar-refractivity contribution in [2.75, 3.05) is 60.0 Å². The molecular weight excluding hydrogens is 294 g/mol. The Kier molecular flexibility index (Phi) is 5.30. The lowest BCUT2D eigenvalue weighted by Gasteiger charge is -2.35. The molecule has 1 aromatic rings. The maximum Gasteiger partial charge on any atom is 0.248 e. The van der Waals surface area contributed by atoms with Gasteiger partial charge in [-0.25, -0.2) is 4.98 Å². The number of piperazine rings is 1. The van der Waals surface area contributed by atoms with Gasteiger partial charge in [0, 0.05) is 71.2 Å². The summed E-state index contributed by atoms with van der Waals surface area (Å²) in [6.07, 6.45) is 3.85. The molecule has 0 spiro atoms. The van der Waals surface area contributed by atoms with Crippen molar-refractivity contribution in [1.82, 2.24) is 24.3 Å². The zero-order chi connectivity index (χ0) is 16.2. The first-order valence-corrected chi connectivity index (χ1v) is 8.33. The van der Waals surface area contributed by atoms with Crippen molar-refractivity contribution in [3.05, 3.63) is 18.2 Å². The van der Waals surface area contributed by atoms with Crippen LogP contribution in [0.2, 0.25) is 0 Å². The predicted molar refractivity (Wildman–Crippen MR) is 86.9 cm³/mol. The quantitative estimate of drug-likeness (QED) is 0.764. The zero-order valence-electron chi connectivity index (χ0n) is 14.1. The number of ether oxygens (including phenoxy) is 1. The van der Waals surface area contributed by atoms with Crippen LogP contribution in [-0.4, -0.2) is 90.2 Å². The highest BCUT2D eigenvalue weighted by Gasteiger charge is 2.27. The molecule has 0 saturated carbocycles. The first-order chi connectivity index (χ1) is 11.2. The molecule has 1 amide bonds. The third kappa shape index (κ3) is 4.10. The summed E-state index contributed by atoms with van der Waals surface area (Å²) in [5.74, 6) is 1.44. The fraction of sp³-hybridized carbons (Fsp3) is 0.750. The predicted octanol–water partition coefficient (Wildman–Crippen LogP) is -0.265. The number of nitrogens with zero attached hydrogens (tertiary/aromatic N) is 5. The van der Waals surface area contributed by atoms with E-state index >= 15 is 0 Å². The van der Waals surface area contributed by atoms with Crippen molar-refractivity contribution in [3.63, 3.8) is 0 Å². The number of imidazole rings is 1. The fourth-order valence-electron chi connectivity index (χ4n) is 3.46. The van der Waals surface area contributed by atoms with Gasteiger partial charge in [0.15, 0.2) is 0 Å². The molecule has 1 atom stereocenters. The van der Waals surface area contributed by atoms with Gasteiger partial charge in [-0.2, -0.15) is 0 Å². The SMILES string of the molecule is COCC(=O)N1Cc2nccn2C[C@H](CN2CCN(C)CC2)C1. The van der Waals surface area contributed by atoms with Gasteiger partial charge >= 0.3 is 0 Å². The Hall–Kier alpha value is -1.44. The van der Waals surface area contributed by atoms with Gasteiger partial charge in [-0.3, -0.25) is 4.79 Å². The molecule has 3 heterocycles. The van der Waals surface area contributed by atoms with Gasteiger partial charge in [-0.1, -0.05) is 0 Å². The molecule has 2 aliphatic heterocycles. The van der Waals surface area contributed by atoms with Crippen LogP contribution in [0.1, 0.15) is 5.82 Å². The van der Waals surface area contributed by atoms with Gasteiger partial charge < -0.3 is 24.0 Å². The van der Waals surface area contributed by atoms with E-state index in [1.165, 1.54) is 0 Å². The second-order valence-electron chi connectivity index (χ2n) is 6.67. The highest BCUT2D eigenvalue weighted by molar-refractivity contribution is 5.77. The number of likely N-dealkylation sites (N-methyl/N-ethyl adjacent to an activating group) is 1. The molecule has 0 aromatic carbocycles. The highest BCUT2D eigenvalue weighted by atomic mass is 16.5. The molecular formula is C16H27N5O2. The van der Waals surface area contributed by atoms with Crippen molar-refractivity contribution in [2.45, 2.75) is 13.1 Å². The van der Waals surface area contributed by atoms with Crippen LogP contribution in [0.4, 0.5) is 0 Å². The summed E-state index contributed by atoms with van der Waals surface area (Å²) in [5.41, 5.74) is 0. The molecule has 128 valence electrons. The molecule has 1 fully saturated rings. The second-order valence-corrected chi connectivity index (χ2v) is 6.67. The van der Waals surface area contributed by atoms with Crippen LogP contribution in [0.15, 0.2) is 12.4 Å². The molecule has 0 unspecified atom stereocenters. The molecule has 2 aliphatic rings. The normalized spacial score (nSPS) is 23.6. The number of fused-ring (bicyclic) bond motifs is 1. The minimum Gasteiger partial charge on any atom is -0.375 e. The number of carbonyl (C=O) groups excluding carboxylic acids is 1. The van der Waals surface area contributed by atoms with Crippen molar-refractivity contribution in [3.8, 4) is 0 Å². The number of aromatic nitrogens is 2. The highest BCUT2D eigenvalue weighted by Crippen LogP contribution is 2.17. The lowest BCUT2D eigenvalue weighted by molar-refractivity contribution is -0.136. The van der Waals surface area contributed by atoms with Crippen LogP contribution < -0.4 is 0 Å². The lowest BCUT2D eigenvalue weighted by Crippen LogP contribution is -2.48. The topological polar surface area (TPSA) is 53.8 Å². The summed E-state index contributed by atoms with van der Waals surface area (Å²) < 4.78 is 7.23. The van der Waals surface area contributed by atoms with Gasteiger partial charge in [-0.05, 0) is 7.05 Å². The number of rotatable bonds is 4. The van der Waals surface area contributed by atoms with Gasteiger partial charge in [0.2, 0.25) is 5.91 Å². The summed E-state index contributed by atoms with van der Waals surface area (Å²) in [5, 5.41) is 0. The molecule has 7 heteroatoms. The van der Waals surface area contributed by atoms with Gasteiger partial charge in [-0.15, -0.1) is 0 Å². The minimum atomic E-state index is 0.0485. The standard InChI is InChI=1S/C16H27N5O2/c1-18-5-7-19(8-6-18)9-14-10-20-4-3-17-15(20)12-21(11-14)16(22)13-23-2/h3-4,14H,5-13H2,1-2H3/t14-/m0/s1. The Labute approximate surface area is 137 Å². The van der Waals surface area contributed by atoms with Gasteiger partial charge in [0.25, 0.3) is 0 Å². The molecule has 0 bridgehead atoms. The van der Waals surface area contributed by atoms with Crippen molar-refractivity contribution in [2.24, 2.45) is 5.92 Å². The van der Waals surface area contributed by atoms with Crippen LogP contribution in [0.5, 0.6) is 0 Å². The maximum absolute atomic E-state index is 12.3. The monoisotopic (exact) mass is 321 g/mol. The molecule has 1 aromatic heterocycles. The summed E-state index contributed by atoms with van der Waals surface area (Å²) in [4.78, 5) is 23.5. The number of amides is 1. The smallest absolute Gasteiger partial charge is 0.248 e. The van der Waals surface area contributed by atoms with Crippen LogP contribution in [0, 0.1) is 5.92 Å². The van der Waals surface area contributed by atoms with Crippen molar-refractivity contribution >= 4 is 5.91 Å². The number of methoxy groups -OCH3 is 1. The molecule has 0 aliphatic carbocycles. The first-order valence-electron chi connectivity index (χ1n) is 8.33. The first kappa shape index (κ1) is 16.4. The van der Waals surface area contributed by atoms with Gasteiger partial charge in [0.05, 0.1) is 6.54 Å². The van der Waals surface area contributed by atoms with E-state index in [4.69, 9.17) is 4.74 Å². The third-order valence-electron chi connectivity index (χ3n) is 4.80. The summed E-state index contributed by atoms with van der Waals surface area (Å²) in [6, 6.07) is 0. The summed E-state index contributed by atoms with van der Waals surface area (Å²) >= 11 is 0. The number of hydrogen-bond acceptors (Lipinski definition) is 5. The lowest BCUT2D eigenvalue weighted by atomic mass is 10.1. The van der Waals surface area contributed by atoms with Gasteiger partial charge in [0.1, 0.15) is 12.4 Å². The van der Waals surface area contributed by atoms with Crippen LogP contribution in [0.3, 0.4) is 0 Å². The Morgan fingerprint density at radius 1 is 1.30 bits per heavy atom. The number of carbonyl (C=O) groups is 1. The van der Waals surface area contributed by atoms with E-state index in [9.17, 15) is 4.79 Å². The minimum absolute atomic E-state index is 0.0485. The van der Waals surface area contributed by atoms with E-state index in [2.05, 4.69) is 26.4 Å². The van der Waals surface area contributed by atoms with Crippen LogP contribution in [0.25, 0.3) is 0 Å². The second kappa shape index (κ2) is 7.42. The molecule has 23 heavy (non-hydrogen) atoms. The van der Waals surface area contributed by atoms with E-state index in [0.29, 0.717) is 12.5 Å². The maximum atomic E-state index is 12.3. The summed E-state index contributed by atoms with van der Waals surface area (Å²) in [6.45, 7) is 7.91. The van der Waals surface area contributed by atoms with E-state index < -0.39 is 0 Å². The average molecular weight is 321 g/mol. The summed E-state index contributed by atoms with van der Waals surface area (Å²) in [7, 11) is 3.74. The molecule has 0 N–H and O–H groups in total. The largest absolute Gasteiger partial charge is 0.375 e. The van der Waals surface area contributed by atoms with E-state index in [1.807, 2.05) is 17.3 Å². The number of hydrogen-bond donors (Lipinski definition) is 0. The molecule has 1 saturated heterocycles. The Morgan fingerprint density at radius 3 is 2.83 bits per heavy atom. The van der Waals surface area contributed by atoms with Crippen LogP contribution in [-0.2, 0) is 22.6 Å². The Morgan fingerprint density at radius 2 is 2.09 bits per heavy atom. The van der Waals surface area contributed by atoms with Crippen molar-refractivity contribution in [1.29, 1.82) is 0 Å². The van der Waals surface area contributed by atoms with Crippen molar-refractivity contribution < 1.29 is 9.53 Å². The van der Waals surface area contributed by atoms with E-state index in [1.54, 1.807) is 7.11 Å². The molecule has 0 radical (unpaired) electrons. The zero-order valence-corrected chi connectivity index (χ0v) is 14.1. The average Bonchev–Trinajstić information content (AvgIpc) is 2.88. The molecule has 3 rings (SSSR count). The fourth-order valence-corrected chi connectivity index (χ4v) is 3.46.